The molecule has 4 aliphatic rings. The number of nitrogens with zero attached hydrogens (tertiary/aromatic N) is 3. The van der Waals surface area contributed by atoms with Crippen LogP contribution in [0.5, 0.6) is 5.75 Å². The summed E-state index contributed by atoms with van der Waals surface area (Å²) in [5, 5.41) is 0. The molecule has 1 aliphatic carbocycles. The molecule has 4 heterocycles. The van der Waals surface area contributed by atoms with Crippen LogP contribution in [0, 0.1) is 5.92 Å². The molecule has 188 valence electrons. The molecule has 2 saturated heterocycles. The Bertz CT molecular complexity index is 1180. The second-order valence-electron chi connectivity index (χ2n) is 11.3. The number of para-hydroxylation sites is 1. The number of carbonyl (C=O) groups is 1. The van der Waals surface area contributed by atoms with Crippen LogP contribution in [0.25, 0.3) is 11.3 Å². The van der Waals surface area contributed by atoms with Crippen molar-refractivity contribution in [1.29, 1.82) is 0 Å². The van der Waals surface area contributed by atoms with Gasteiger partial charge in [-0.15, -0.1) is 0 Å². The second kappa shape index (κ2) is 8.36. The van der Waals surface area contributed by atoms with Crippen molar-refractivity contribution in [2.75, 3.05) is 25.4 Å². The van der Waals surface area contributed by atoms with E-state index in [1.54, 1.807) is 0 Å². The van der Waals surface area contributed by atoms with Gasteiger partial charge < -0.3 is 18.9 Å². The molecule has 7 nitrogen and oxygen atoms in total. The highest BCUT2D eigenvalue weighted by Crippen LogP contribution is 2.51. The van der Waals surface area contributed by atoms with Crippen molar-refractivity contribution in [2.45, 2.75) is 68.6 Å². The van der Waals surface area contributed by atoms with Gasteiger partial charge in [0.05, 0.1) is 18.0 Å². The van der Waals surface area contributed by atoms with Gasteiger partial charge in [0, 0.05) is 65.8 Å². The quantitative estimate of drug-likeness (QED) is 0.613. The van der Waals surface area contributed by atoms with Gasteiger partial charge in [-0.25, -0.2) is 9.78 Å². The smallest absolute Gasteiger partial charge is 0.409 e. The van der Waals surface area contributed by atoms with E-state index in [4.69, 9.17) is 14.5 Å². The molecule has 3 fully saturated rings. The number of aromatic nitrogens is 2. The fourth-order valence-electron chi connectivity index (χ4n) is 6.09. The van der Waals surface area contributed by atoms with Crippen LogP contribution in [0.2, 0.25) is 0 Å². The van der Waals surface area contributed by atoms with Crippen molar-refractivity contribution in [1.82, 2.24) is 14.5 Å². The Morgan fingerprint density at radius 2 is 1.94 bits per heavy atom. The number of carbonyl (C=O) groups excluding carboxylic acids is 1. The van der Waals surface area contributed by atoms with Crippen LogP contribution < -0.4 is 4.74 Å². The molecular weight excluding hydrogens is 462 g/mol. The highest BCUT2D eigenvalue weighted by molar-refractivity contribution is 7.86. The van der Waals surface area contributed by atoms with Gasteiger partial charge >= 0.3 is 6.09 Å². The van der Waals surface area contributed by atoms with Crippen LogP contribution in [0.15, 0.2) is 24.3 Å². The predicted molar refractivity (Wildman–Crippen MR) is 135 cm³/mol. The Morgan fingerprint density at radius 3 is 2.66 bits per heavy atom. The van der Waals surface area contributed by atoms with E-state index >= 15 is 0 Å². The number of fused-ring (bicyclic) bond motifs is 4. The maximum Gasteiger partial charge on any atom is 0.409 e. The van der Waals surface area contributed by atoms with Crippen LogP contribution in [-0.4, -0.2) is 54.9 Å². The summed E-state index contributed by atoms with van der Waals surface area (Å²) in [4.78, 5) is 19.7. The molecule has 1 aromatic heterocycles. The molecule has 2 aromatic rings. The lowest BCUT2D eigenvalue weighted by Crippen LogP contribution is -2.50. The Labute approximate surface area is 209 Å². The minimum absolute atomic E-state index is 0.202. The summed E-state index contributed by atoms with van der Waals surface area (Å²) in [6.07, 6.45) is 5.28. The van der Waals surface area contributed by atoms with E-state index in [9.17, 15) is 9.00 Å². The number of benzene rings is 1. The van der Waals surface area contributed by atoms with E-state index in [1.165, 1.54) is 12.8 Å². The number of amides is 1. The summed E-state index contributed by atoms with van der Waals surface area (Å²) in [5.41, 5.74) is 2.62. The highest BCUT2D eigenvalue weighted by atomic mass is 32.2. The lowest BCUT2D eigenvalue weighted by molar-refractivity contribution is -0.0111. The Morgan fingerprint density at radius 1 is 1.20 bits per heavy atom. The Kier molecular flexibility index (Phi) is 5.51. The van der Waals surface area contributed by atoms with E-state index in [-0.39, 0.29) is 16.8 Å². The van der Waals surface area contributed by atoms with Crippen molar-refractivity contribution < 1.29 is 18.5 Å². The second-order valence-corrected chi connectivity index (χ2v) is 13.5. The molecule has 1 aromatic carbocycles. The van der Waals surface area contributed by atoms with Gasteiger partial charge in [-0.3, -0.25) is 4.21 Å². The fourth-order valence-corrected chi connectivity index (χ4v) is 7.53. The lowest BCUT2D eigenvalue weighted by atomic mass is 9.83. The molecule has 1 saturated carbocycles. The van der Waals surface area contributed by atoms with Crippen LogP contribution in [0.1, 0.15) is 69.8 Å². The molecule has 0 bridgehead atoms. The van der Waals surface area contributed by atoms with Crippen molar-refractivity contribution in [3.8, 4) is 17.0 Å². The third-order valence-corrected chi connectivity index (χ3v) is 10.4. The number of ether oxygens (including phenoxy) is 2. The molecule has 0 N–H and O–H groups in total. The first-order valence-corrected chi connectivity index (χ1v) is 14.2. The van der Waals surface area contributed by atoms with Crippen LogP contribution in [0.3, 0.4) is 0 Å². The van der Waals surface area contributed by atoms with Crippen molar-refractivity contribution >= 4 is 16.9 Å². The third kappa shape index (κ3) is 3.98. The number of likely N-dealkylation sites (tertiary alicyclic amines) is 1. The number of rotatable bonds is 3. The predicted octanol–water partition coefficient (Wildman–Crippen LogP) is 4.72. The number of hydrogen-bond acceptors (Lipinski definition) is 5. The zero-order valence-electron chi connectivity index (χ0n) is 20.9. The van der Waals surface area contributed by atoms with Gasteiger partial charge in [0.15, 0.2) is 5.60 Å². The normalized spacial score (nSPS) is 26.5. The number of piperidine rings is 1. The lowest BCUT2D eigenvalue weighted by Gasteiger charge is -2.44. The van der Waals surface area contributed by atoms with E-state index in [0.717, 1.165) is 41.4 Å². The standard InChI is InChI=1S/C27H35N3O4S/c1-26(2)16-19(10-15-35(26)32)24-28-22-20-6-4-5-7-21(20)34-27(23(22)29(24)3)11-13-30(14-12-27)25(31)33-17-18-8-9-18/h4-7,18-19H,8-17H2,1-3H3. The van der Waals surface area contributed by atoms with Gasteiger partial charge in [0.2, 0.25) is 0 Å². The van der Waals surface area contributed by atoms with Gasteiger partial charge in [0.1, 0.15) is 11.6 Å². The van der Waals surface area contributed by atoms with E-state index < -0.39 is 16.4 Å². The number of hydrogen-bond donors (Lipinski definition) is 0. The average Bonchev–Trinajstić information content (AvgIpc) is 3.60. The first-order valence-electron chi connectivity index (χ1n) is 12.9. The first kappa shape index (κ1) is 23.1. The zero-order chi connectivity index (χ0) is 24.4. The van der Waals surface area contributed by atoms with Gasteiger partial charge in [-0.2, -0.15) is 0 Å². The zero-order valence-corrected chi connectivity index (χ0v) is 21.7. The molecule has 1 spiro atoms. The average molecular weight is 498 g/mol. The molecule has 0 radical (unpaired) electrons. The largest absolute Gasteiger partial charge is 0.480 e. The molecule has 1 amide bonds. The minimum atomic E-state index is -0.809. The maximum atomic E-state index is 12.6. The molecule has 2 atom stereocenters. The summed E-state index contributed by atoms with van der Waals surface area (Å²) in [7, 11) is 1.30. The molecule has 35 heavy (non-hydrogen) atoms. The van der Waals surface area contributed by atoms with E-state index in [0.29, 0.717) is 44.2 Å². The maximum absolute atomic E-state index is 12.6. The van der Waals surface area contributed by atoms with Crippen molar-refractivity contribution in [3.05, 3.63) is 35.8 Å². The Balaban J connectivity index is 1.32. The molecule has 3 aliphatic heterocycles. The molecule has 6 rings (SSSR count). The van der Waals surface area contributed by atoms with E-state index in [2.05, 4.69) is 31.5 Å². The van der Waals surface area contributed by atoms with Gasteiger partial charge in [0.25, 0.3) is 0 Å². The van der Waals surface area contributed by atoms with Crippen LogP contribution in [-0.2, 0) is 28.2 Å². The van der Waals surface area contributed by atoms with Gasteiger partial charge in [-0.1, -0.05) is 12.1 Å². The number of imidazole rings is 1. The summed E-state index contributed by atoms with van der Waals surface area (Å²) < 4.78 is 26.9. The third-order valence-electron chi connectivity index (χ3n) is 8.35. The monoisotopic (exact) mass is 497 g/mol. The topological polar surface area (TPSA) is 73.7 Å². The van der Waals surface area contributed by atoms with E-state index in [1.807, 2.05) is 23.1 Å². The summed E-state index contributed by atoms with van der Waals surface area (Å²) in [5.74, 6) is 3.46. The molecule has 8 heteroatoms. The minimum Gasteiger partial charge on any atom is -0.480 e. The van der Waals surface area contributed by atoms with Crippen molar-refractivity contribution in [3.63, 3.8) is 0 Å². The van der Waals surface area contributed by atoms with Crippen LogP contribution >= 0.6 is 0 Å². The summed E-state index contributed by atoms with van der Waals surface area (Å²) in [6, 6.07) is 8.15. The van der Waals surface area contributed by atoms with Crippen molar-refractivity contribution in [2.24, 2.45) is 13.0 Å². The van der Waals surface area contributed by atoms with Gasteiger partial charge in [-0.05, 0) is 57.6 Å². The highest BCUT2D eigenvalue weighted by Gasteiger charge is 2.49. The summed E-state index contributed by atoms with van der Waals surface area (Å²) in [6.45, 7) is 5.95. The molecule has 2 unspecified atom stereocenters. The SMILES string of the molecule is Cn1c(C2CCS(=O)C(C)(C)C2)nc2c1C1(CCN(C(=O)OCC3CC3)CC1)Oc1ccccc1-2. The van der Waals surface area contributed by atoms with Crippen LogP contribution in [0.4, 0.5) is 4.79 Å². The summed E-state index contributed by atoms with van der Waals surface area (Å²) >= 11 is 0. The first-order chi connectivity index (χ1) is 16.8. The fraction of sp³-hybridized carbons (Fsp3) is 0.630. The Hall–Kier alpha value is -2.35. The molecular formula is C27H35N3O4S.